The van der Waals surface area contributed by atoms with Crippen LogP contribution in [0, 0.1) is 0 Å². The highest BCUT2D eigenvalue weighted by molar-refractivity contribution is 6.04. The first-order valence-corrected chi connectivity index (χ1v) is 9.94. The molecule has 8 nitrogen and oxygen atoms in total. The van der Waals surface area contributed by atoms with Crippen molar-refractivity contribution in [3.63, 3.8) is 0 Å². The van der Waals surface area contributed by atoms with Gasteiger partial charge in [0, 0.05) is 13.0 Å². The minimum Gasteiger partial charge on any atom is -0.494 e. The molecule has 0 saturated heterocycles. The molecule has 1 aliphatic rings. The number of aliphatic imine (C=N–C) groups is 1. The number of nitrogens with zero attached hydrogens (tertiary/aromatic N) is 2. The zero-order chi connectivity index (χ0) is 21.0. The van der Waals surface area contributed by atoms with Gasteiger partial charge in [-0.25, -0.2) is 4.79 Å². The summed E-state index contributed by atoms with van der Waals surface area (Å²) in [7, 11) is 0. The second-order valence-corrected chi connectivity index (χ2v) is 7.23. The summed E-state index contributed by atoms with van der Waals surface area (Å²) in [5.74, 6) is -0.583. The number of carbonyl (C=O) groups is 1. The van der Waals surface area contributed by atoms with Gasteiger partial charge in [-0.05, 0) is 31.4 Å². The van der Waals surface area contributed by atoms with Crippen LogP contribution in [0.15, 0.2) is 38.8 Å². The normalized spacial score (nSPS) is 15.3. The van der Waals surface area contributed by atoms with Crippen molar-refractivity contribution in [3.8, 4) is 5.88 Å². The van der Waals surface area contributed by atoms with Crippen LogP contribution in [0.2, 0.25) is 0 Å². The van der Waals surface area contributed by atoms with E-state index in [9.17, 15) is 19.5 Å². The Morgan fingerprint density at radius 2 is 1.93 bits per heavy atom. The van der Waals surface area contributed by atoms with Crippen LogP contribution in [-0.2, 0) is 4.79 Å². The Balaban J connectivity index is 2.13. The number of hydrogen-bond donors (Lipinski definition) is 3. The Bertz CT molecular complexity index is 1050. The Hall–Kier alpha value is -3.16. The topological polar surface area (TPSA) is 117 Å². The Labute approximate surface area is 168 Å². The predicted octanol–water partition coefficient (Wildman–Crippen LogP) is 3.24. The number of H-pyrrole nitrogens is 1. The van der Waals surface area contributed by atoms with E-state index in [1.807, 2.05) is 6.92 Å². The third-order valence-corrected chi connectivity index (χ3v) is 5.15. The van der Waals surface area contributed by atoms with E-state index >= 15 is 0 Å². The number of para-hydroxylation sites is 2. The number of carbonyl (C=O) groups excluding carboxylic acids is 1. The Morgan fingerprint density at radius 3 is 2.59 bits per heavy atom. The van der Waals surface area contributed by atoms with Gasteiger partial charge >= 0.3 is 5.69 Å². The van der Waals surface area contributed by atoms with Gasteiger partial charge in [0.2, 0.25) is 11.8 Å². The number of benzene rings is 1. The molecule has 0 bridgehead atoms. The number of nitrogens with one attached hydrogen (secondary N) is 2. The van der Waals surface area contributed by atoms with E-state index in [0.717, 1.165) is 32.1 Å². The fraction of sp³-hybridized carbons (Fsp3) is 0.429. The molecule has 8 heteroatoms. The molecule has 0 radical (unpaired) electrons. The van der Waals surface area contributed by atoms with Crippen LogP contribution in [0.1, 0.15) is 64.0 Å². The summed E-state index contributed by atoms with van der Waals surface area (Å²) < 4.78 is 1.29. The maximum Gasteiger partial charge on any atom is 0.331 e. The molecule has 154 valence electrons. The fourth-order valence-electron chi connectivity index (χ4n) is 3.80. The Morgan fingerprint density at radius 1 is 1.24 bits per heavy atom. The molecular formula is C21H26N4O4. The van der Waals surface area contributed by atoms with Gasteiger partial charge in [-0.1, -0.05) is 38.3 Å². The number of aromatic nitrogens is 2. The van der Waals surface area contributed by atoms with Crippen molar-refractivity contribution in [1.82, 2.24) is 9.55 Å². The fourth-order valence-corrected chi connectivity index (χ4v) is 3.80. The van der Waals surface area contributed by atoms with Crippen molar-refractivity contribution in [2.45, 2.75) is 58.4 Å². The minimum absolute atomic E-state index is 0.00435. The highest BCUT2D eigenvalue weighted by atomic mass is 16.3. The molecule has 1 aromatic heterocycles. The lowest BCUT2D eigenvalue weighted by Gasteiger charge is -2.25. The molecule has 0 spiro atoms. The molecule has 2 aromatic rings. The van der Waals surface area contributed by atoms with Gasteiger partial charge in [0.15, 0.2) is 0 Å². The second kappa shape index (κ2) is 8.89. The van der Waals surface area contributed by atoms with Gasteiger partial charge in [-0.2, -0.15) is 0 Å². The lowest BCUT2D eigenvalue weighted by molar-refractivity contribution is -0.114. The summed E-state index contributed by atoms with van der Waals surface area (Å²) >= 11 is 0. The van der Waals surface area contributed by atoms with Crippen molar-refractivity contribution in [3.05, 3.63) is 50.7 Å². The average Bonchev–Trinajstić information content (AvgIpc) is 2.68. The number of anilines is 1. The molecule has 1 heterocycles. The number of aromatic hydroxyl groups is 1. The molecular weight excluding hydrogens is 372 g/mol. The van der Waals surface area contributed by atoms with E-state index in [2.05, 4.69) is 15.3 Å². The second-order valence-electron chi connectivity index (χ2n) is 7.23. The first-order valence-electron chi connectivity index (χ1n) is 9.94. The van der Waals surface area contributed by atoms with Gasteiger partial charge in [0.25, 0.3) is 5.56 Å². The van der Waals surface area contributed by atoms with Crippen LogP contribution >= 0.6 is 0 Å². The summed E-state index contributed by atoms with van der Waals surface area (Å²) in [6, 6.07) is 6.81. The standard InChI is InChI=1S/C21H26N4O4/c1-3-15(23-17-12-8-7-11-16(17)22-13(2)26)18-19(27)24-21(29)25(20(18)28)14-9-5-4-6-10-14/h7-8,11-12,14,28H,3-6,9-10H2,1-2H3,(H,22,26)(H,24,27,29). The third-order valence-electron chi connectivity index (χ3n) is 5.15. The van der Waals surface area contributed by atoms with Crippen molar-refractivity contribution < 1.29 is 9.90 Å². The Kier molecular flexibility index (Phi) is 6.31. The van der Waals surface area contributed by atoms with Crippen LogP contribution in [0.5, 0.6) is 5.88 Å². The van der Waals surface area contributed by atoms with Gasteiger partial charge in [0.1, 0.15) is 5.56 Å². The predicted molar refractivity (Wildman–Crippen MR) is 112 cm³/mol. The molecule has 0 atom stereocenters. The zero-order valence-electron chi connectivity index (χ0n) is 16.7. The van der Waals surface area contributed by atoms with E-state index < -0.39 is 11.2 Å². The molecule has 0 unspecified atom stereocenters. The molecule has 1 saturated carbocycles. The van der Waals surface area contributed by atoms with Gasteiger partial charge in [-0.3, -0.25) is 24.1 Å². The maximum atomic E-state index is 12.6. The lowest BCUT2D eigenvalue weighted by atomic mass is 9.95. The van der Waals surface area contributed by atoms with E-state index in [4.69, 9.17) is 0 Å². The van der Waals surface area contributed by atoms with E-state index in [1.54, 1.807) is 24.3 Å². The molecule has 1 amide bonds. The zero-order valence-corrected chi connectivity index (χ0v) is 16.7. The summed E-state index contributed by atoms with van der Waals surface area (Å²) in [6.07, 6.45) is 4.97. The van der Waals surface area contributed by atoms with Crippen LogP contribution in [0.25, 0.3) is 0 Å². The first kappa shape index (κ1) is 20.6. The van der Waals surface area contributed by atoms with Crippen molar-refractivity contribution in [2.24, 2.45) is 4.99 Å². The smallest absolute Gasteiger partial charge is 0.331 e. The first-order chi connectivity index (χ1) is 13.9. The SMILES string of the molecule is CCC(=Nc1ccccc1NC(C)=O)c1c(O)n(C2CCCCC2)c(=O)[nH]c1=O. The quantitative estimate of drug-likeness (QED) is 0.670. The minimum atomic E-state index is -0.669. The highest BCUT2D eigenvalue weighted by Crippen LogP contribution is 2.31. The van der Waals surface area contributed by atoms with Crippen LogP contribution in [-0.4, -0.2) is 26.3 Å². The van der Waals surface area contributed by atoms with Crippen molar-refractivity contribution >= 4 is 23.0 Å². The lowest BCUT2D eigenvalue weighted by Crippen LogP contribution is -2.36. The van der Waals surface area contributed by atoms with Crippen LogP contribution in [0.4, 0.5) is 11.4 Å². The largest absolute Gasteiger partial charge is 0.494 e. The number of amides is 1. The number of aromatic amines is 1. The molecule has 0 aliphatic heterocycles. The summed E-state index contributed by atoms with van der Waals surface area (Å²) in [5.41, 5.74) is 0.0343. The molecule has 3 N–H and O–H groups in total. The summed E-state index contributed by atoms with van der Waals surface area (Å²) in [5, 5.41) is 13.6. The molecule has 3 rings (SSSR count). The van der Waals surface area contributed by atoms with Gasteiger partial charge in [0.05, 0.1) is 17.1 Å². The summed E-state index contributed by atoms with van der Waals surface area (Å²) in [4.78, 5) is 43.3. The maximum absolute atomic E-state index is 12.6. The number of rotatable bonds is 5. The van der Waals surface area contributed by atoms with Crippen LogP contribution < -0.4 is 16.6 Å². The van der Waals surface area contributed by atoms with Crippen molar-refractivity contribution in [1.29, 1.82) is 0 Å². The van der Waals surface area contributed by atoms with E-state index in [0.29, 0.717) is 23.5 Å². The summed E-state index contributed by atoms with van der Waals surface area (Å²) in [6.45, 7) is 3.21. The molecule has 1 fully saturated rings. The van der Waals surface area contributed by atoms with Crippen LogP contribution in [0.3, 0.4) is 0 Å². The number of hydrogen-bond acceptors (Lipinski definition) is 5. The van der Waals surface area contributed by atoms with Crippen molar-refractivity contribution in [2.75, 3.05) is 5.32 Å². The van der Waals surface area contributed by atoms with Gasteiger partial charge in [-0.15, -0.1) is 0 Å². The monoisotopic (exact) mass is 398 g/mol. The average molecular weight is 398 g/mol. The van der Waals surface area contributed by atoms with E-state index in [-0.39, 0.29) is 23.4 Å². The van der Waals surface area contributed by atoms with Gasteiger partial charge < -0.3 is 10.4 Å². The molecule has 1 aromatic carbocycles. The third kappa shape index (κ3) is 4.47. The molecule has 29 heavy (non-hydrogen) atoms. The molecule has 1 aliphatic carbocycles. The highest BCUT2D eigenvalue weighted by Gasteiger charge is 2.24. The van der Waals surface area contributed by atoms with E-state index in [1.165, 1.54) is 11.5 Å².